The third-order valence-corrected chi connectivity index (χ3v) is 6.62. The summed E-state index contributed by atoms with van der Waals surface area (Å²) in [6.07, 6.45) is 9.64. The van der Waals surface area contributed by atoms with Gasteiger partial charge in [0.15, 0.2) is 0 Å². The molecule has 1 saturated carbocycles. The lowest BCUT2D eigenvalue weighted by Gasteiger charge is -2.44. The third-order valence-electron chi connectivity index (χ3n) is 5.39. The summed E-state index contributed by atoms with van der Waals surface area (Å²) in [5.41, 5.74) is 0.267. The fourth-order valence-electron chi connectivity index (χ4n) is 4.38. The van der Waals surface area contributed by atoms with Crippen LogP contribution < -0.4 is 5.32 Å². The Morgan fingerprint density at radius 1 is 1.22 bits per heavy atom. The van der Waals surface area contributed by atoms with E-state index in [2.05, 4.69) is 24.1 Å². The molecule has 2 aliphatic heterocycles. The summed E-state index contributed by atoms with van der Waals surface area (Å²) in [6.45, 7) is 1.01. The maximum absolute atomic E-state index is 6.18. The molecule has 3 aliphatic rings. The van der Waals surface area contributed by atoms with Gasteiger partial charge < -0.3 is 10.1 Å². The van der Waals surface area contributed by atoms with Crippen molar-refractivity contribution < 1.29 is 4.74 Å². The Morgan fingerprint density at radius 3 is 2.89 bits per heavy atom. The van der Waals surface area contributed by atoms with Gasteiger partial charge in [-0.25, -0.2) is 0 Å². The largest absolute Gasteiger partial charge is 0.374 e. The lowest BCUT2D eigenvalue weighted by atomic mass is 9.70. The van der Waals surface area contributed by atoms with Crippen LogP contribution >= 0.6 is 11.8 Å². The highest BCUT2D eigenvalue weighted by Crippen LogP contribution is 2.45. The van der Waals surface area contributed by atoms with Gasteiger partial charge in [0.25, 0.3) is 0 Å². The maximum Gasteiger partial charge on any atom is 0.0783 e. The SMILES string of the molecule is CNC1CCCCC1C1CCOC2(CCSC2)C1. The number of ether oxygens (including phenoxy) is 1. The van der Waals surface area contributed by atoms with E-state index in [-0.39, 0.29) is 5.60 Å². The van der Waals surface area contributed by atoms with Crippen molar-refractivity contribution in [2.24, 2.45) is 11.8 Å². The molecule has 0 bridgehead atoms. The van der Waals surface area contributed by atoms with E-state index < -0.39 is 0 Å². The number of rotatable bonds is 2. The van der Waals surface area contributed by atoms with Crippen LogP contribution in [0.1, 0.15) is 44.9 Å². The standard InChI is InChI=1S/C15H27NOS/c1-16-14-5-3-2-4-13(14)12-6-8-17-15(10-12)7-9-18-11-15/h12-14,16H,2-11H2,1H3. The van der Waals surface area contributed by atoms with Crippen LogP contribution in [0, 0.1) is 11.8 Å². The van der Waals surface area contributed by atoms with Crippen molar-refractivity contribution in [3.63, 3.8) is 0 Å². The third kappa shape index (κ3) is 2.59. The summed E-state index contributed by atoms with van der Waals surface area (Å²) < 4.78 is 6.18. The summed E-state index contributed by atoms with van der Waals surface area (Å²) in [5.74, 6) is 4.39. The molecule has 3 heteroatoms. The van der Waals surface area contributed by atoms with Crippen LogP contribution in [0.25, 0.3) is 0 Å². The molecule has 4 unspecified atom stereocenters. The molecule has 2 heterocycles. The number of nitrogens with one attached hydrogen (secondary N) is 1. The first-order chi connectivity index (χ1) is 8.83. The van der Waals surface area contributed by atoms with Gasteiger partial charge in [-0.15, -0.1) is 0 Å². The fourth-order valence-corrected chi connectivity index (χ4v) is 5.75. The number of hydrogen-bond acceptors (Lipinski definition) is 3. The van der Waals surface area contributed by atoms with Crippen LogP contribution in [-0.4, -0.2) is 36.8 Å². The Balaban J connectivity index is 1.67. The highest BCUT2D eigenvalue weighted by Gasteiger charge is 2.43. The van der Waals surface area contributed by atoms with E-state index >= 15 is 0 Å². The molecule has 104 valence electrons. The normalized spacial score (nSPS) is 45.5. The molecule has 0 radical (unpaired) electrons. The van der Waals surface area contributed by atoms with E-state index in [9.17, 15) is 0 Å². The van der Waals surface area contributed by atoms with Gasteiger partial charge in [0.05, 0.1) is 5.60 Å². The first-order valence-electron chi connectivity index (χ1n) is 7.72. The number of hydrogen-bond donors (Lipinski definition) is 1. The first-order valence-corrected chi connectivity index (χ1v) is 8.87. The van der Waals surface area contributed by atoms with Crippen LogP contribution in [0.3, 0.4) is 0 Å². The van der Waals surface area contributed by atoms with Crippen molar-refractivity contribution in [3.8, 4) is 0 Å². The zero-order chi connectivity index (χ0) is 12.4. The first kappa shape index (κ1) is 13.3. The van der Waals surface area contributed by atoms with Crippen LogP contribution in [0.4, 0.5) is 0 Å². The molecule has 2 saturated heterocycles. The zero-order valence-electron chi connectivity index (χ0n) is 11.6. The van der Waals surface area contributed by atoms with Crippen molar-refractivity contribution in [3.05, 3.63) is 0 Å². The zero-order valence-corrected chi connectivity index (χ0v) is 12.4. The van der Waals surface area contributed by atoms with Gasteiger partial charge in [-0.1, -0.05) is 12.8 Å². The Hall–Kier alpha value is 0.270. The second kappa shape index (κ2) is 5.72. The van der Waals surface area contributed by atoms with Gasteiger partial charge in [-0.3, -0.25) is 0 Å². The monoisotopic (exact) mass is 269 g/mol. The Labute approximate surface area is 116 Å². The van der Waals surface area contributed by atoms with Gasteiger partial charge in [-0.05, 0) is 56.7 Å². The summed E-state index contributed by atoms with van der Waals surface area (Å²) in [7, 11) is 2.16. The predicted molar refractivity (Wildman–Crippen MR) is 78.2 cm³/mol. The van der Waals surface area contributed by atoms with E-state index in [0.29, 0.717) is 0 Å². The second-order valence-corrected chi connectivity index (χ2v) is 7.54. The van der Waals surface area contributed by atoms with Crippen LogP contribution in [-0.2, 0) is 4.74 Å². The van der Waals surface area contributed by atoms with E-state index in [1.165, 1.54) is 56.5 Å². The summed E-state index contributed by atoms with van der Waals surface area (Å²) in [6, 6.07) is 0.771. The quantitative estimate of drug-likeness (QED) is 0.832. The van der Waals surface area contributed by atoms with Crippen LogP contribution in [0.15, 0.2) is 0 Å². The van der Waals surface area contributed by atoms with E-state index in [4.69, 9.17) is 4.74 Å². The minimum Gasteiger partial charge on any atom is -0.374 e. The molecule has 0 amide bonds. The molecular formula is C15H27NOS. The summed E-state index contributed by atoms with van der Waals surface area (Å²) in [5, 5.41) is 3.58. The van der Waals surface area contributed by atoms with Gasteiger partial charge in [0.1, 0.15) is 0 Å². The van der Waals surface area contributed by atoms with Crippen molar-refractivity contribution in [2.75, 3.05) is 25.2 Å². The van der Waals surface area contributed by atoms with Crippen molar-refractivity contribution in [2.45, 2.75) is 56.6 Å². The van der Waals surface area contributed by atoms with Gasteiger partial charge in [0, 0.05) is 18.4 Å². The van der Waals surface area contributed by atoms with E-state index in [1.54, 1.807) is 0 Å². The summed E-state index contributed by atoms with van der Waals surface area (Å²) in [4.78, 5) is 0. The Bertz CT molecular complexity index is 278. The van der Waals surface area contributed by atoms with Crippen molar-refractivity contribution in [1.29, 1.82) is 0 Å². The van der Waals surface area contributed by atoms with Gasteiger partial charge >= 0.3 is 0 Å². The maximum atomic E-state index is 6.18. The van der Waals surface area contributed by atoms with E-state index in [1.807, 2.05) is 0 Å². The molecule has 0 aromatic rings. The molecule has 2 nitrogen and oxygen atoms in total. The molecule has 1 N–H and O–H groups in total. The molecule has 0 aromatic carbocycles. The minimum absolute atomic E-state index is 0.267. The van der Waals surface area contributed by atoms with Crippen molar-refractivity contribution in [1.82, 2.24) is 5.32 Å². The van der Waals surface area contributed by atoms with Gasteiger partial charge in [0.2, 0.25) is 0 Å². The van der Waals surface area contributed by atoms with Gasteiger partial charge in [-0.2, -0.15) is 11.8 Å². The Kier molecular flexibility index (Phi) is 4.21. The average molecular weight is 269 g/mol. The average Bonchev–Trinajstić information content (AvgIpc) is 2.86. The number of thioether (sulfide) groups is 1. The highest BCUT2D eigenvalue weighted by molar-refractivity contribution is 7.99. The molecular weight excluding hydrogens is 242 g/mol. The Morgan fingerprint density at radius 2 is 2.11 bits per heavy atom. The molecule has 4 atom stereocenters. The molecule has 3 rings (SSSR count). The molecule has 1 spiro atoms. The van der Waals surface area contributed by atoms with E-state index in [0.717, 1.165) is 24.5 Å². The minimum atomic E-state index is 0.267. The van der Waals surface area contributed by atoms with Crippen molar-refractivity contribution >= 4 is 11.8 Å². The summed E-state index contributed by atoms with van der Waals surface area (Å²) >= 11 is 2.09. The molecule has 1 aliphatic carbocycles. The molecule has 3 fully saturated rings. The lowest BCUT2D eigenvalue weighted by molar-refractivity contribution is -0.0939. The fraction of sp³-hybridized carbons (Fsp3) is 1.00. The molecule has 0 aromatic heterocycles. The predicted octanol–water partition coefficient (Wildman–Crippen LogP) is 3.07. The van der Waals surface area contributed by atoms with Crippen LogP contribution in [0.2, 0.25) is 0 Å². The highest BCUT2D eigenvalue weighted by atomic mass is 32.2. The smallest absolute Gasteiger partial charge is 0.0783 e. The topological polar surface area (TPSA) is 21.3 Å². The second-order valence-electron chi connectivity index (χ2n) is 6.43. The lowest BCUT2D eigenvalue weighted by Crippen LogP contribution is -2.47. The van der Waals surface area contributed by atoms with Crippen LogP contribution in [0.5, 0.6) is 0 Å². The molecule has 18 heavy (non-hydrogen) atoms.